The minimum absolute atomic E-state index is 0.0490. The van der Waals surface area contributed by atoms with Crippen LogP contribution in [-0.4, -0.2) is 16.1 Å². The van der Waals surface area contributed by atoms with Crippen LogP contribution >= 0.6 is 11.9 Å². The molecule has 0 aliphatic heterocycles. The van der Waals surface area contributed by atoms with Crippen LogP contribution in [0.25, 0.3) is 0 Å². The fourth-order valence-electron chi connectivity index (χ4n) is 0.707. The van der Waals surface area contributed by atoms with Crippen molar-refractivity contribution < 1.29 is 9.90 Å². The first-order valence-electron chi connectivity index (χ1n) is 3.50. The van der Waals surface area contributed by atoms with E-state index in [4.69, 9.17) is 10.8 Å². The molecular formula is C7H9N3O2S. The molecule has 1 heterocycles. The predicted molar refractivity (Wildman–Crippen MR) is 48.7 cm³/mol. The van der Waals surface area contributed by atoms with Crippen molar-refractivity contribution in [3.05, 3.63) is 23.9 Å². The van der Waals surface area contributed by atoms with Gasteiger partial charge in [0.15, 0.2) is 0 Å². The van der Waals surface area contributed by atoms with Gasteiger partial charge in [0.05, 0.1) is 6.61 Å². The standard InChI is InChI=1S/C7H9N3O2S/c8-7(12)10-13-6-3-5(4-11)1-2-9-6/h1-3,11H,4H2,(H3,8,10,12). The SMILES string of the molecule is NC(=O)NSc1cc(CO)ccn1. The van der Waals surface area contributed by atoms with Crippen LogP contribution in [0.1, 0.15) is 5.56 Å². The van der Waals surface area contributed by atoms with Gasteiger partial charge in [-0.3, -0.25) is 4.72 Å². The first kappa shape index (κ1) is 9.82. The number of hydrogen-bond acceptors (Lipinski definition) is 4. The number of aliphatic hydroxyl groups is 1. The summed E-state index contributed by atoms with van der Waals surface area (Å²) in [7, 11) is 0. The van der Waals surface area contributed by atoms with Crippen LogP contribution in [0.2, 0.25) is 0 Å². The van der Waals surface area contributed by atoms with Crippen LogP contribution in [0.15, 0.2) is 23.4 Å². The van der Waals surface area contributed by atoms with Crippen LogP contribution in [0, 0.1) is 0 Å². The summed E-state index contributed by atoms with van der Waals surface area (Å²) in [5.74, 6) is 0. The van der Waals surface area contributed by atoms with Gasteiger partial charge in [0.1, 0.15) is 5.03 Å². The molecule has 0 radical (unpaired) electrons. The number of nitrogens with two attached hydrogens (primary N) is 1. The Kier molecular flexibility index (Phi) is 3.53. The largest absolute Gasteiger partial charge is 0.392 e. The molecule has 1 rings (SSSR count). The van der Waals surface area contributed by atoms with Crippen molar-refractivity contribution in [2.24, 2.45) is 5.73 Å². The number of aliphatic hydroxyl groups excluding tert-OH is 1. The molecule has 6 heteroatoms. The van der Waals surface area contributed by atoms with Gasteiger partial charge in [0, 0.05) is 18.1 Å². The van der Waals surface area contributed by atoms with Gasteiger partial charge in [-0.1, -0.05) is 0 Å². The van der Waals surface area contributed by atoms with Crippen molar-refractivity contribution in [2.45, 2.75) is 11.6 Å². The van der Waals surface area contributed by atoms with Gasteiger partial charge in [-0.05, 0) is 17.7 Å². The fraction of sp³-hybridized carbons (Fsp3) is 0.143. The number of pyridine rings is 1. The molecular weight excluding hydrogens is 190 g/mol. The van der Waals surface area contributed by atoms with Crippen LogP contribution in [0.3, 0.4) is 0 Å². The highest BCUT2D eigenvalue weighted by Crippen LogP contribution is 2.12. The van der Waals surface area contributed by atoms with Gasteiger partial charge in [-0.25, -0.2) is 9.78 Å². The summed E-state index contributed by atoms with van der Waals surface area (Å²) in [4.78, 5) is 14.3. The highest BCUT2D eigenvalue weighted by atomic mass is 32.2. The van der Waals surface area contributed by atoms with Gasteiger partial charge in [-0.2, -0.15) is 0 Å². The number of nitrogens with zero attached hydrogens (tertiary/aromatic N) is 1. The number of carbonyl (C=O) groups is 1. The predicted octanol–water partition coefficient (Wildman–Crippen LogP) is 0.249. The normalized spacial score (nSPS) is 9.62. The van der Waals surface area contributed by atoms with Crippen LogP contribution in [-0.2, 0) is 6.61 Å². The molecule has 1 aromatic rings. The van der Waals surface area contributed by atoms with Gasteiger partial charge < -0.3 is 10.8 Å². The zero-order chi connectivity index (χ0) is 9.68. The summed E-state index contributed by atoms with van der Waals surface area (Å²) in [6.07, 6.45) is 1.55. The third kappa shape index (κ3) is 3.30. The Labute approximate surface area is 79.5 Å². The first-order chi connectivity index (χ1) is 6.22. The summed E-state index contributed by atoms with van der Waals surface area (Å²) in [6, 6.07) is 2.73. The molecule has 0 saturated heterocycles. The van der Waals surface area contributed by atoms with Crippen LogP contribution in [0.4, 0.5) is 4.79 Å². The molecule has 0 spiro atoms. The van der Waals surface area contributed by atoms with E-state index >= 15 is 0 Å². The van der Waals surface area contributed by atoms with Gasteiger partial charge in [0.25, 0.3) is 0 Å². The molecule has 5 nitrogen and oxygen atoms in total. The van der Waals surface area contributed by atoms with E-state index in [2.05, 4.69) is 9.71 Å². The molecule has 0 aliphatic carbocycles. The average molecular weight is 199 g/mol. The number of hydrogen-bond donors (Lipinski definition) is 3. The van der Waals surface area contributed by atoms with Crippen LogP contribution < -0.4 is 10.5 Å². The molecule has 0 fully saturated rings. The van der Waals surface area contributed by atoms with Crippen molar-refractivity contribution in [3.63, 3.8) is 0 Å². The fourth-order valence-corrected chi connectivity index (χ4v) is 1.24. The van der Waals surface area contributed by atoms with Gasteiger partial charge in [0.2, 0.25) is 0 Å². The maximum absolute atomic E-state index is 10.3. The van der Waals surface area contributed by atoms with Crippen molar-refractivity contribution >= 4 is 18.0 Å². The molecule has 0 atom stereocenters. The van der Waals surface area contributed by atoms with E-state index < -0.39 is 6.03 Å². The molecule has 4 N–H and O–H groups in total. The Morgan fingerprint density at radius 1 is 1.77 bits per heavy atom. The van der Waals surface area contributed by atoms with E-state index in [0.717, 1.165) is 17.5 Å². The number of carbonyl (C=O) groups excluding carboxylic acids is 1. The monoisotopic (exact) mass is 199 g/mol. The lowest BCUT2D eigenvalue weighted by Crippen LogP contribution is -2.22. The third-order valence-corrected chi connectivity index (χ3v) is 1.97. The Hall–Kier alpha value is -1.27. The Balaban J connectivity index is 2.61. The van der Waals surface area contributed by atoms with E-state index in [1.807, 2.05) is 0 Å². The lowest BCUT2D eigenvalue weighted by Gasteiger charge is -2.01. The lowest BCUT2D eigenvalue weighted by molar-refractivity contribution is 0.254. The highest BCUT2D eigenvalue weighted by molar-refractivity contribution is 7.97. The second-order valence-electron chi connectivity index (χ2n) is 2.23. The maximum atomic E-state index is 10.3. The van der Waals surface area contributed by atoms with E-state index in [0.29, 0.717) is 5.03 Å². The zero-order valence-corrected chi connectivity index (χ0v) is 7.54. The minimum Gasteiger partial charge on any atom is -0.392 e. The van der Waals surface area contributed by atoms with Crippen molar-refractivity contribution in [3.8, 4) is 0 Å². The van der Waals surface area contributed by atoms with E-state index in [-0.39, 0.29) is 6.61 Å². The first-order valence-corrected chi connectivity index (χ1v) is 4.32. The summed E-state index contributed by atoms with van der Waals surface area (Å²) in [5, 5.41) is 9.38. The number of urea groups is 1. The van der Waals surface area contributed by atoms with Crippen molar-refractivity contribution in [2.75, 3.05) is 0 Å². The maximum Gasteiger partial charge on any atom is 0.322 e. The molecule has 70 valence electrons. The average Bonchev–Trinajstić information content (AvgIpc) is 2.15. The van der Waals surface area contributed by atoms with Crippen molar-refractivity contribution in [1.29, 1.82) is 0 Å². The summed E-state index contributed by atoms with van der Waals surface area (Å²) < 4.78 is 2.32. The van der Waals surface area contributed by atoms with E-state index in [9.17, 15) is 4.79 Å². The topological polar surface area (TPSA) is 88.2 Å². The summed E-state index contributed by atoms with van der Waals surface area (Å²) >= 11 is 1.01. The zero-order valence-electron chi connectivity index (χ0n) is 6.73. The third-order valence-electron chi connectivity index (χ3n) is 1.24. The van der Waals surface area contributed by atoms with Crippen molar-refractivity contribution in [1.82, 2.24) is 9.71 Å². The lowest BCUT2D eigenvalue weighted by atomic mass is 10.3. The summed E-state index contributed by atoms with van der Waals surface area (Å²) in [6.45, 7) is -0.0490. The molecule has 0 saturated carbocycles. The molecule has 0 aromatic carbocycles. The molecule has 1 aromatic heterocycles. The second-order valence-corrected chi connectivity index (χ2v) is 3.06. The van der Waals surface area contributed by atoms with Gasteiger partial charge >= 0.3 is 6.03 Å². The van der Waals surface area contributed by atoms with Crippen LogP contribution in [0.5, 0.6) is 0 Å². The Bertz CT molecular complexity index is 306. The number of aromatic nitrogens is 1. The smallest absolute Gasteiger partial charge is 0.322 e. The Morgan fingerprint density at radius 2 is 2.54 bits per heavy atom. The van der Waals surface area contributed by atoms with E-state index in [1.165, 1.54) is 0 Å². The summed E-state index contributed by atoms with van der Waals surface area (Å²) in [5.41, 5.74) is 5.60. The molecule has 0 unspecified atom stereocenters. The Morgan fingerprint density at radius 3 is 3.15 bits per heavy atom. The second kappa shape index (κ2) is 4.68. The quantitative estimate of drug-likeness (QED) is 0.609. The van der Waals surface area contributed by atoms with E-state index in [1.54, 1.807) is 18.3 Å². The molecule has 2 amide bonds. The number of rotatable bonds is 3. The molecule has 0 bridgehead atoms. The number of nitrogens with one attached hydrogen (secondary N) is 1. The van der Waals surface area contributed by atoms with Gasteiger partial charge in [-0.15, -0.1) is 0 Å². The number of amides is 2. The number of primary amides is 1. The molecule has 0 aliphatic rings. The highest BCUT2D eigenvalue weighted by Gasteiger charge is 1.98. The minimum atomic E-state index is -0.624. The molecule has 13 heavy (non-hydrogen) atoms.